The summed E-state index contributed by atoms with van der Waals surface area (Å²) in [7, 11) is 0. The molecule has 0 bridgehead atoms. The van der Waals surface area contributed by atoms with Crippen molar-refractivity contribution in [2.75, 3.05) is 13.1 Å². The maximum absolute atomic E-state index is 13.6. The van der Waals surface area contributed by atoms with Crippen LogP contribution in [0.4, 0.5) is 8.78 Å². The molecule has 1 aromatic rings. The van der Waals surface area contributed by atoms with Crippen LogP contribution in [-0.2, 0) is 4.79 Å². The third kappa shape index (κ3) is 1.92. The van der Waals surface area contributed by atoms with Crippen molar-refractivity contribution in [1.82, 2.24) is 4.90 Å². The van der Waals surface area contributed by atoms with Crippen LogP contribution in [0.3, 0.4) is 0 Å². The first-order valence-corrected chi connectivity index (χ1v) is 5.16. The number of carbonyl (C=O) groups is 1. The molecule has 1 aliphatic heterocycles. The lowest BCUT2D eigenvalue weighted by atomic mass is 9.95. The van der Waals surface area contributed by atoms with E-state index in [-0.39, 0.29) is 6.54 Å². The average molecular weight is 225 g/mol. The fourth-order valence-electron chi connectivity index (χ4n) is 2.04. The van der Waals surface area contributed by atoms with E-state index >= 15 is 0 Å². The van der Waals surface area contributed by atoms with Crippen molar-refractivity contribution in [3.63, 3.8) is 0 Å². The van der Waals surface area contributed by atoms with Crippen LogP contribution in [0.5, 0.6) is 0 Å². The van der Waals surface area contributed by atoms with E-state index in [0.717, 1.165) is 10.5 Å². The summed E-state index contributed by atoms with van der Waals surface area (Å²) >= 11 is 0. The van der Waals surface area contributed by atoms with Gasteiger partial charge in [-0.2, -0.15) is 0 Å². The Kier molecular flexibility index (Phi) is 2.66. The van der Waals surface area contributed by atoms with Crippen LogP contribution >= 0.6 is 0 Å². The lowest BCUT2D eigenvalue weighted by Crippen LogP contribution is -2.26. The van der Waals surface area contributed by atoms with Crippen LogP contribution in [0, 0.1) is 6.92 Å². The molecule has 1 atom stereocenters. The average Bonchev–Trinajstić information content (AvgIpc) is 2.55. The van der Waals surface area contributed by atoms with E-state index in [2.05, 4.69) is 0 Å². The van der Waals surface area contributed by atoms with Crippen LogP contribution < -0.4 is 0 Å². The van der Waals surface area contributed by atoms with E-state index in [1.54, 1.807) is 12.1 Å². The quantitative estimate of drug-likeness (QED) is 0.706. The second-order valence-corrected chi connectivity index (χ2v) is 4.26. The van der Waals surface area contributed by atoms with Gasteiger partial charge in [0.2, 0.25) is 6.41 Å². The summed E-state index contributed by atoms with van der Waals surface area (Å²) < 4.78 is 27.3. The molecule has 1 unspecified atom stereocenters. The maximum atomic E-state index is 13.6. The van der Waals surface area contributed by atoms with Crippen molar-refractivity contribution in [2.24, 2.45) is 0 Å². The number of rotatable bonds is 2. The molecule has 16 heavy (non-hydrogen) atoms. The third-order valence-electron chi connectivity index (χ3n) is 2.97. The molecule has 0 N–H and O–H groups in total. The summed E-state index contributed by atoms with van der Waals surface area (Å²) in [5.41, 5.74) is 1.64. The second kappa shape index (κ2) is 3.85. The summed E-state index contributed by atoms with van der Waals surface area (Å²) in [5, 5.41) is 0. The van der Waals surface area contributed by atoms with Crippen molar-refractivity contribution in [1.29, 1.82) is 0 Å². The van der Waals surface area contributed by atoms with Crippen LogP contribution in [0.2, 0.25) is 0 Å². The Morgan fingerprint density at radius 2 is 2.00 bits per heavy atom. The molecule has 1 aliphatic rings. The summed E-state index contributed by atoms with van der Waals surface area (Å²) in [6.45, 7) is 1.53. The number of amides is 1. The van der Waals surface area contributed by atoms with E-state index in [1.165, 1.54) is 0 Å². The van der Waals surface area contributed by atoms with Crippen LogP contribution in [0.15, 0.2) is 24.3 Å². The number of hydrogen-bond donors (Lipinski definition) is 0. The zero-order valence-corrected chi connectivity index (χ0v) is 8.99. The minimum atomic E-state index is -2.82. The Balaban J connectivity index is 2.27. The van der Waals surface area contributed by atoms with Gasteiger partial charge in [0.25, 0.3) is 5.92 Å². The lowest BCUT2D eigenvalue weighted by Gasteiger charge is -2.17. The first-order valence-electron chi connectivity index (χ1n) is 5.16. The van der Waals surface area contributed by atoms with Crippen molar-refractivity contribution in [3.05, 3.63) is 35.4 Å². The Bertz CT molecular complexity index is 389. The number of nitrogens with zero attached hydrogens (tertiary/aromatic N) is 1. The van der Waals surface area contributed by atoms with Gasteiger partial charge in [-0.3, -0.25) is 4.79 Å². The smallest absolute Gasteiger partial charge is 0.273 e. The van der Waals surface area contributed by atoms with E-state index < -0.39 is 18.4 Å². The Labute approximate surface area is 92.9 Å². The standard InChI is InChI=1S/C12H13F2NO/c1-9-2-4-10(5-3-9)11-6-15(8-16)7-12(11,13)14/h2-5,8,11H,6-7H2,1H3. The molecule has 0 aromatic heterocycles. The fourth-order valence-corrected chi connectivity index (χ4v) is 2.04. The first kappa shape index (κ1) is 11.0. The minimum absolute atomic E-state index is 0.0968. The molecule has 1 amide bonds. The molecule has 2 nitrogen and oxygen atoms in total. The third-order valence-corrected chi connectivity index (χ3v) is 2.97. The molecule has 1 saturated heterocycles. The molecule has 2 rings (SSSR count). The zero-order valence-electron chi connectivity index (χ0n) is 8.99. The van der Waals surface area contributed by atoms with Crippen molar-refractivity contribution in [2.45, 2.75) is 18.8 Å². The monoisotopic (exact) mass is 225 g/mol. The van der Waals surface area contributed by atoms with Gasteiger partial charge < -0.3 is 4.90 Å². The minimum Gasteiger partial charge on any atom is -0.338 e. The maximum Gasteiger partial charge on any atom is 0.273 e. The molecule has 1 fully saturated rings. The Hall–Kier alpha value is -1.45. The molecule has 1 aromatic carbocycles. The van der Waals surface area contributed by atoms with Gasteiger partial charge in [0.15, 0.2) is 0 Å². The van der Waals surface area contributed by atoms with Gasteiger partial charge >= 0.3 is 0 Å². The van der Waals surface area contributed by atoms with Gasteiger partial charge in [0.1, 0.15) is 0 Å². The predicted molar refractivity (Wildman–Crippen MR) is 56.5 cm³/mol. The number of halogens is 2. The molecule has 0 saturated carbocycles. The number of alkyl halides is 2. The van der Waals surface area contributed by atoms with Crippen molar-refractivity contribution >= 4 is 6.41 Å². The zero-order chi connectivity index (χ0) is 11.8. The molecule has 4 heteroatoms. The van der Waals surface area contributed by atoms with Gasteiger partial charge in [0.05, 0.1) is 12.5 Å². The van der Waals surface area contributed by atoms with Gasteiger partial charge in [0, 0.05) is 6.54 Å². The summed E-state index contributed by atoms with van der Waals surface area (Å²) in [5.74, 6) is -3.70. The van der Waals surface area contributed by atoms with Crippen molar-refractivity contribution in [3.8, 4) is 0 Å². The lowest BCUT2D eigenvalue weighted by molar-refractivity contribution is -0.118. The normalized spacial score (nSPS) is 23.4. The first-order chi connectivity index (χ1) is 7.53. The molecule has 0 aliphatic carbocycles. The van der Waals surface area contributed by atoms with Crippen LogP contribution in [-0.4, -0.2) is 30.3 Å². The van der Waals surface area contributed by atoms with E-state index in [4.69, 9.17) is 0 Å². The molecule has 86 valence electrons. The second-order valence-electron chi connectivity index (χ2n) is 4.26. The number of benzene rings is 1. The predicted octanol–water partition coefficient (Wildman–Crippen LogP) is 2.19. The number of aryl methyl sites for hydroxylation is 1. The van der Waals surface area contributed by atoms with Crippen molar-refractivity contribution < 1.29 is 13.6 Å². The topological polar surface area (TPSA) is 20.3 Å². The molecule has 1 heterocycles. The molecular formula is C12H13F2NO. The van der Waals surface area contributed by atoms with Crippen LogP contribution in [0.25, 0.3) is 0 Å². The van der Waals surface area contributed by atoms with Crippen LogP contribution in [0.1, 0.15) is 17.0 Å². The van der Waals surface area contributed by atoms with Gasteiger partial charge in [-0.15, -0.1) is 0 Å². The van der Waals surface area contributed by atoms with E-state index in [1.807, 2.05) is 19.1 Å². The number of likely N-dealkylation sites (tertiary alicyclic amines) is 1. The van der Waals surface area contributed by atoms with Gasteiger partial charge in [-0.1, -0.05) is 29.8 Å². The highest BCUT2D eigenvalue weighted by Gasteiger charge is 2.48. The molecule has 0 spiro atoms. The fraction of sp³-hybridized carbons (Fsp3) is 0.417. The largest absolute Gasteiger partial charge is 0.338 e. The molecule has 0 radical (unpaired) electrons. The summed E-state index contributed by atoms with van der Waals surface area (Å²) in [6, 6.07) is 7.05. The summed E-state index contributed by atoms with van der Waals surface area (Å²) in [6.07, 6.45) is 0.488. The van der Waals surface area contributed by atoms with Gasteiger partial charge in [-0.25, -0.2) is 8.78 Å². The highest BCUT2D eigenvalue weighted by molar-refractivity contribution is 5.49. The SMILES string of the molecule is Cc1ccc(C2CN(C=O)CC2(F)F)cc1. The number of hydrogen-bond acceptors (Lipinski definition) is 1. The highest BCUT2D eigenvalue weighted by atomic mass is 19.3. The number of carbonyl (C=O) groups excluding carboxylic acids is 1. The van der Waals surface area contributed by atoms with Gasteiger partial charge in [-0.05, 0) is 12.5 Å². The summed E-state index contributed by atoms with van der Waals surface area (Å²) in [4.78, 5) is 11.6. The Morgan fingerprint density at radius 1 is 1.38 bits per heavy atom. The van der Waals surface area contributed by atoms with E-state index in [9.17, 15) is 13.6 Å². The Morgan fingerprint density at radius 3 is 2.50 bits per heavy atom. The molecular weight excluding hydrogens is 212 g/mol. The highest BCUT2D eigenvalue weighted by Crippen LogP contribution is 2.39. The van der Waals surface area contributed by atoms with E-state index in [0.29, 0.717) is 12.0 Å².